The van der Waals surface area contributed by atoms with E-state index in [1.54, 1.807) is 20.8 Å². The van der Waals surface area contributed by atoms with Gasteiger partial charge in [0.1, 0.15) is 11.4 Å². The number of alkyl halides is 3. The lowest BCUT2D eigenvalue weighted by molar-refractivity contribution is -0.274. The largest absolute Gasteiger partial charge is 0.573 e. The summed E-state index contributed by atoms with van der Waals surface area (Å²) in [6, 6.07) is 5.75. The van der Waals surface area contributed by atoms with Crippen LogP contribution in [0.2, 0.25) is 0 Å². The maximum Gasteiger partial charge on any atom is 0.573 e. The minimum atomic E-state index is -4.79. The van der Waals surface area contributed by atoms with E-state index >= 15 is 0 Å². The average molecular weight is 276 g/mol. The molecule has 0 bridgehead atoms. The molecule has 0 saturated carbocycles. The molecule has 0 aliphatic carbocycles. The number of nitrogens with one attached hydrogen (secondary N) is 1. The van der Waals surface area contributed by atoms with E-state index in [-0.39, 0.29) is 5.69 Å². The molecular weight excluding hydrogens is 263 g/mol. The normalized spacial score (nSPS) is 11.9. The summed E-state index contributed by atoms with van der Waals surface area (Å²) in [7, 11) is 0. The number of anilines is 1. The van der Waals surface area contributed by atoms with Crippen molar-refractivity contribution >= 4 is 11.8 Å². The van der Waals surface area contributed by atoms with Gasteiger partial charge in [-0.15, -0.1) is 13.2 Å². The van der Waals surface area contributed by atoms with E-state index in [0.29, 0.717) is 0 Å². The van der Waals surface area contributed by atoms with Crippen molar-refractivity contribution in [2.45, 2.75) is 32.7 Å². The van der Waals surface area contributed by atoms with Gasteiger partial charge in [-0.1, -0.05) is 0 Å². The Hall–Kier alpha value is -1.92. The standard InChI is InChI=1S/C12H13F3NO3/c1-11(2,3)19-10(17)16-8-5-4-6-9(7-8)18-12(13,14)15/h5-7H,1-3H3,(H,16,17). The molecule has 4 nitrogen and oxygen atoms in total. The van der Waals surface area contributed by atoms with Crippen LogP contribution in [0.1, 0.15) is 20.8 Å². The highest BCUT2D eigenvalue weighted by Crippen LogP contribution is 2.25. The maximum absolute atomic E-state index is 12.0. The summed E-state index contributed by atoms with van der Waals surface area (Å²) >= 11 is 0. The van der Waals surface area contributed by atoms with Gasteiger partial charge in [-0.25, -0.2) is 4.79 Å². The molecular formula is C12H13F3NO3. The van der Waals surface area contributed by atoms with Gasteiger partial charge in [-0.2, -0.15) is 0 Å². The molecule has 105 valence electrons. The fourth-order valence-electron chi connectivity index (χ4n) is 1.14. The number of rotatable bonds is 2. The Kier molecular flexibility index (Phi) is 4.28. The van der Waals surface area contributed by atoms with Gasteiger partial charge in [0.15, 0.2) is 0 Å². The predicted octanol–water partition coefficient (Wildman–Crippen LogP) is 3.73. The van der Waals surface area contributed by atoms with Crippen molar-refractivity contribution in [3.05, 3.63) is 24.3 Å². The van der Waals surface area contributed by atoms with Crippen LogP contribution >= 0.6 is 0 Å². The van der Waals surface area contributed by atoms with Crippen molar-refractivity contribution in [3.8, 4) is 5.75 Å². The second kappa shape index (κ2) is 5.38. The van der Waals surface area contributed by atoms with Crippen molar-refractivity contribution in [1.82, 2.24) is 0 Å². The molecule has 1 aromatic rings. The highest BCUT2D eigenvalue weighted by Gasteiger charge is 2.31. The van der Waals surface area contributed by atoms with Crippen LogP contribution < -0.4 is 10.1 Å². The summed E-state index contributed by atoms with van der Waals surface area (Å²) < 4.78 is 44.7. The average Bonchev–Trinajstić information content (AvgIpc) is 2.11. The van der Waals surface area contributed by atoms with Crippen molar-refractivity contribution < 1.29 is 27.4 Å². The molecule has 7 heteroatoms. The van der Waals surface area contributed by atoms with Gasteiger partial charge in [-0.05, 0) is 39.0 Å². The minimum Gasteiger partial charge on any atom is -0.444 e. The van der Waals surface area contributed by atoms with Gasteiger partial charge < -0.3 is 9.47 Å². The maximum atomic E-state index is 12.0. The van der Waals surface area contributed by atoms with Crippen LogP contribution in [0.4, 0.5) is 23.7 Å². The van der Waals surface area contributed by atoms with E-state index in [2.05, 4.69) is 16.1 Å². The van der Waals surface area contributed by atoms with Crippen LogP contribution in [0.25, 0.3) is 0 Å². The van der Waals surface area contributed by atoms with Crippen LogP contribution in [0.5, 0.6) is 5.75 Å². The highest BCUT2D eigenvalue weighted by molar-refractivity contribution is 5.85. The summed E-state index contributed by atoms with van der Waals surface area (Å²) in [5.74, 6) is -0.471. The van der Waals surface area contributed by atoms with Gasteiger partial charge in [-0.3, -0.25) is 5.32 Å². The van der Waals surface area contributed by atoms with Crippen LogP contribution in [0.15, 0.2) is 18.2 Å². The zero-order valence-corrected chi connectivity index (χ0v) is 10.6. The summed E-state index contributed by atoms with van der Waals surface area (Å²) in [6.45, 7) is 5.01. The monoisotopic (exact) mass is 276 g/mol. The fraction of sp³-hybridized carbons (Fsp3) is 0.417. The summed E-state index contributed by atoms with van der Waals surface area (Å²) in [5.41, 5.74) is -0.607. The number of ether oxygens (including phenoxy) is 2. The zero-order valence-electron chi connectivity index (χ0n) is 10.6. The number of hydrogen-bond acceptors (Lipinski definition) is 3. The molecule has 0 atom stereocenters. The van der Waals surface area contributed by atoms with Gasteiger partial charge in [0, 0.05) is 11.8 Å². The first-order chi connectivity index (χ1) is 8.55. The van der Waals surface area contributed by atoms with E-state index < -0.39 is 23.8 Å². The first-order valence-electron chi connectivity index (χ1n) is 5.32. The van der Waals surface area contributed by atoms with E-state index in [0.717, 1.165) is 12.1 Å². The Morgan fingerprint density at radius 3 is 2.42 bits per heavy atom. The number of carbonyl (C=O) groups excluding carboxylic acids is 1. The van der Waals surface area contributed by atoms with Crippen molar-refractivity contribution in [3.63, 3.8) is 0 Å². The molecule has 0 aliphatic heterocycles. The first kappa shape index (κ1) is 15.1. The molecule has 1 N–H and O–H groups in total. The molecule has 0 fully saturated rings. The number of carbonyl (C=O) groups is 1. The van der Waals surface area contributed by atoms with Gasteiger partial charge in [0.2, 0.25) is 0 Å². The van der Waals surface area contributed by atoms with Gasteiger partial charge in [0.05, 0.1) is 0 Å². The molecule has 0 spiro atoms. The smallest absolute Gasteiger partial charge is 0.444 e. The molecule has 1 amide bonds. The number of hydrogen-bond donors (Lipinski definition) is 1. The lowest BCUT2D eigenvalue weighted by Gasteiger charge is -2.19. The lowest BCUT2D eigenvalue weighted by atomic mass is 10.2. The van der Waals surface area contributed by atoms with Gasteiger partial charge in [0.25, 0.3) is 0 Å². The number of halogens is 3. The molecule has 0 aromatic heterocycles. The molecule has 0 aliphatic rings. The van der Waals surface area contributed by atoms with E-state index in [9.17, 15) is 18.0 Å². The van der Waals surface area contributed by atoms with Crippen LogP contribution in [0.3, 0.4) is 0 Å². The topological polar surface area (TPSA) is 47.6 Å². The summed E-state index contributed by atoms with van der Waals surface area (Å²) in [4.78, 5) is 11.4. The van der Waals surface area contributed by atoms with Gasteiger partial charge >= 0.3 is 12.5 Å². The second-order valence-corrected chi connectivity index (χ2v) is 4.63. The Bertz CT molecular complexity index is 452. The summed E-state index contributed by atoms with van der Waals surface area (Å²) in [5, 5.41) is 2.28. The van der Waals surface area contributed by atoms with Crippen LogP contribution in [-0.4, -0.2) is 18.1 Å². The van der Waals surface area contributed by atoms with E-state index in [4.69, 9.17) is 4.74 Å². The second-order valence-electron chi connectivity index (χ2n) is 4.63. The molecule has 0 heterocycles. The predicted molar refractivity (Wildman–Crippen MR) is 61.8 cm³/mol. The van der Waals surface area contributed by atoms with E-state index in [1.807, 2.05) is 0 Å². The lowest BCUT2D eigenvalue weighted by Crippen LogP contribution is -2.27. The zero-order chi connectivity index (χ0) is 14.7. The molecule has 1 radical (unpaired) electrons. The third-order valence-corrected chi connectivity index (χ3v) is 1.64. The highest BCUT2D eigenvalue weighted by atomic mass is 19.4. The fourth-order valence-corrected chi connectivity index (χ4v) is 1.14. The van der Waals surface area contributed by atoms with Crippen molar-refractivity contribution in [1.29, 1.82) is 0 Å². The molecule has 0 saturated heterocycles. The van der Waals surface area contributed by atoms with E-state index in [1.165, 1.54) is 6.07 Å². The van der Waals surface area contributed by atoms with Crippen LogP contribution in [0, 0.1) is 6.07 Å². The molecule has 1 rings (SSSR count). The number of amides is 1. The Morgan fingerprint density at radius 1 is 1.26 bits per heavy atom. The first-order valence-corrected chi connectivity index (χ1v) is 5.32. The Morgan fingerprint density at radius 2 is 1.89 bits per heavy atom. The third kappa shape index (κ3) is 6.54. The van der Waals surface area contributed by atoms with Crippen molar-refractivity contribution in [2.24, 2.45) is 0 Å². The third-order valence-electron chi connectivity index (χ3n) is 1.64. The molecule has 1 aromatic carbocycles. The number of benzene rings is 1. The summed E-state index contributed by atoms with van der Waals surface area (Å²) in [6.07, 6.45) is -5.57. The van der Waals surface area contributed by atoms with Crippen LogP contribution in [-0.2, 0) is 4.74 Å². The molecule has 0 unspecified atom stereocenters. The minimum absolute atomic E-state index is 0.0935. The Balaban J connectivity index is 2.70. The van der Waals surface area contributed by atoms with Crippen molar-refractivity contribution in [2.75, 3.05) is 5.32 Å². The molecule has 19 heavy (non-hydrogen) atoms. The SMILES string of the molecule is CC(C)(C)OC(=O)Nc1c[c]cc(OC(F)(F)F)c1. The Labute approximate surface area is 108 Å². The quantitative estimate of drug-likeness (QED) is 0.895.